The molecule has 0 radical (unpaired) electrons. The highest BCUT2D eigenvalue weighted by atomic mass is 32.2. The monoisotopic (exact) mass is 270 g/mol. The molecule has 1 aliphatic heterocycles. The van der Waals surface area contributed by atoms with E-state index in [-0.39, 0.29) is 0 Å². The summed E-state index contributed by atoms with van der Waals surface area (Å²) in [4.78, 5) is 11.3. The number of aliphatic carboxylic acids is 1. The molecule has 0 saturated carbocycles. The first-order valence-electron chi connectivity index (χ1n) is 6.18. The van der Waals surface area contributed by atoms with Crippen LogP contribution in [-0.4, -0.2) is 37.0 Å². The Morgan fingerprint density at radius 1 is 1.67 bits per heavy atom. The zero-order valence-corrected chi connectivity index (χ0v) is 11.5. The molecule has 2 unspecified atom stereocenters. The van der Waals surface area contributed by atoms with Gasteiger partial charge in [-0.05, 0) is 42.4 Å². The van der Waals surface area contributed by atoms with Gasteiger partial charge in [-0.25, -0.2) is 4.68 Å². The average Bonchev–Trinajstić information content (AvgIpc) is 2.98. The van der Waals surface area contributed by atoms with Gasteiger partial charge in [0, 0.05) is 0 Å². The SMILES string of the molecule is CCC(C)(Cn1nnnc1C1CCCS1)C(=O)O. The summed E-state index contributed by atoms with van der Waals surface area (Å²) in [6.45, 7) is 3.95. The summed E-state index contributed by atoms with van der Waals surface area (Å²) < 4.78 is 1.67. The average molecular weight is 270 g/mol. The molecule has 0 spiro atoms. The molecule has 2 heterocycles. The summed E-state index contributed by atoms with van der Waals surface area (Å²) in [5, 5.41) is 21.3. The number of thioether (sulfide) groups is 1. The molecule has 1 aromatic heterocycles. The van der Waals surface area contributed by atoms with Crippen molar-refractivity contribution in [2.45, 2.75) is 44.9 Å². The molecule has 1 saturated heterocycles. The van der Waals surface area contributed by atoms with Crippen LogP contribution in [0.5, 0.6) is 0 Å². The minimum atomic E-state index is -0.812. The molecule has 2 rings (SSSR count). The van der Waals surface area contributed by atoms with Gasteiger partial charge < -0.3 is 5.11 Å². The number of carboxylic acids is 1. The third-order valence-electron chi connectivity index (χ3n) is 3.57. The van der Waals surface area contributed by atoms with E-state index in [9.17, 15) is 9.90 Å². The Morgan fingerprint density at radius 3 is 3.00 bits per heavy atom. The fourth-order valence-electron chi connectivity index (χ4n) is 2.00. The number of carboxylic acid groups (broad SMARTS) is 1. The van der Waals surface area contributed by atoms with Gasteiger partial charge in [-0.3, -0.25) is 4.79 Å². The molecule has 7 heteroatoms. The number of tetrazole rings is 1. The summed E-state index contributed by atoms with van der Waals surface area (Å²) in [6, 6.07) is 0. The quantitative estimate of drug-likeness (QED) is 0.877. The third kappa shape index (κ3) is 2.50. The summed E-state index contributed by atoms with van der Waals surface area (Å²) in [5.41, 5.74) is -0.812. The van der Waals surface area contributed by atoms with Crippen molar-refractivity contribution in [1.29, 1.82) is 0 Å². The Balaban J connectivity index is 2.19. The summed E-state index contributed by atoms with van der Waals surface area (Å²) in [7, 11) is 0. The second kappa shape index (κ2) is 5.26. The normalized spacial score (nSPS) is 22.9. The zero-order chi connectivity index (χ0) is 13.2. The van der Waals surface area contributed by atoms with Gasteiger partial charge in [-0.1, -0.05) is 6.92 Å². The first-order chi connectivity index (χ1) is 8.57. The number of hydrogen-bond donors (Lipinski definition) is 1. The lowest BCUT2D eigenvalue weighted by molar-refractivity contribution is -0.149. The van der Waals surface area contributed by atoms with E-state index in [2.05, 4.69) is 15.5 Å². The second-order valence-electron chi connectivity index (χ2n) is 4.92. The van der Waals surface area contributed by atoms with Crippen LogP contribution in [0.25, 0.3) is 0 Å². The van der Waals surface area contributed by atoms with Crippen molar-refractivity contribution in [2.24, 2.45) is 5.41 Å². The highest BCUT2D eigenvalue weighted by Crippen LogP contribution is 2.39. The molecular formula is C11H18N4O2S. The lowest BCUT2D eigenvalue weighted by atomic mass is 9.88. The predicted octanol–water partition coefficient (Wildman–Crippen LogP) is 1.74. The first kappa shape index (κ1) is 13.3. The Hall–Kier alpha value is -1.11. The number of rotatable bonds is 5. The minimum absolute atomic E-state index is 0.315. The second-order valence-corrected chi connectivity index (χ2v) is 6.23. The highest BCUT2D eigenvalue weighted by molar-refractivity contribution is 7.99. The highest BCUT2D eigenvalue weighted by Gasteiger charge is 2.34. The van der Waals surface area contributed by atoms with Gasteiger partial charge in [0.1, 0.15) is 0 Å². The van der Waals surface area contributed by atoms with Crippen molar-refractivity contribution in [3.63, 3.8) is 0 Å². The topological polar surface area (TPSA) is 80.9 Å². The zero-order valence-electron chi connectivity index (χ0n) is 10.7. The van der Waals surface area contributed by atoms with Crippen LogP contribution in [0, 0.1) is 5.41 Å². The molecule has 2 atom stereocenters. The van der Waals surface area contributed by atoms with Crippen LogP contribution in [0.3, 0.4) is 0 Å². The van der Waals surface area contributed by atoms with E-state index in [1.165, 1.54) is 6.42 Å². The van der Waals surface area contributed by atoms with E-state index in [0.29, 0.717) is 18.2 Å². The summed E-state index contributed by atoms with van der Waals surface area (Å²) >= 11 is 1.85. The smallest absolute Gasteiger partial charge is 0.311 e. The van der Waals surface area contributed by atoms with Crippen LogP contribution in [-0.2, 0) is 11.3 Å². The maximum atomic E-state index is 11.3. The lowest BCUT2D eigenvalue weighted by Crippen LogP contribution is -2.33. The molecule has 18 heavy (non-hydrogen) atoms. The Bertz CT molecular complexity index is 430. The van der Waals surface area contributed by atoms with Gasteiger partial charge in [0.05, 0.1) is 17.2 Å². The van der Waals surface area contributed by atoms with Gasteiger partial charge >= 0.3 is 5.97 Å². The molecule has 0 aromatic carbocycles. The molecule has 6 nitrogen and oxygen atoms in total. The number of nitrogens with zero attached hydrogens (tertiary/aromatic N) is 4. The largest absolute Gasteiger partial charge is 0.481 e. The van der Waals surface area contributed by atoms with Gasteiger partial charge in [0.2, 0.25) is 0 Å². The van der Waals surface area contributed by atoms with E-state index < -0.39 is 11.4 Å². The van der Waals surface area contributed by atoms with E-state index in [4.69, 9.17) is 0 Å². The van der Waals surface area contributed by atoms with Crippen molar-refractivity contribution in [3.8, 4) is 0 Å². The Morgan fingerprint density at radius 2 is 2.44 bits per heavy atom. The maximum absolute atomic E-state index is 11.3. The molecule has 0 amide bonds. The van der Waals surface area contributed by atoms with Crippen molar-refractivity contribution in [3.05, 3.63) is 5.82 Å². The molecular weight excluding hydrogens is 252 g/mol. The summed E-state index contributed by atoms with van der Waals surface area (Å²) in [5.74, 6) is 1.14. The molecule has 100 valence electrons. The van der Waals surface area contributed by atoms with Crippen molar-refractivity contribution >= 4 is 17.7 Å². The van der Waals surface area contributed by atoms with Gasteiger partial charge in [0.25, 0.3) is 0 Å². The third-order valence-corrected chi connectivity index (χ3v) is 4.95. The summed E-state index contributed by atoms with van der Waals surface area (Å²) in [6.07, 6.45) is 2.80. The molecule has 1 aromatic rings. The van der Waals surface area contributed by atoms with Crippen molar-refractivity contribution < 1.29 is 9.90 Å². The minimum Gasteiger partial charge on any atom is -0.481 e. The first-order valence-corrected chi connectivity index (χ1v) is 7.23. The van der Waals surface area contributed by atoms with Crippen molar-refractivity contribution in [2.75, 3.05) is 5.75 Å². The predicted molar refractivity (Wildman–Crippen MR) is 68.3 cm³/mol. The van der Waals surface area contributed by atoms with Crippen LogP contribution in [0.1, 0.15) is 44.2 Å². The Kier molecular flexibility index (Phi) is 3.89. The van der Waals surface area contributed by atoms with E-state index >= 15 is 0 Å². The van der Waals surface area contributed by atoms with Crippen LogP contribution in [0.4, 0.5) is 0 Å². The van der Waals surface area contributed by atoms with E-state index in [0.717, 1.165) is 18.0 Å². The van der Waals surface area contributed by atoms with Gasteiger partial charge in [-0.2, -0.15) is 11.8 Å². The molecule has 1 aliphatic rings. The van der Waals surface area contributed by atoms with E-state index in [1.54, 1.807) is 11.6 Å². The van der Waals surface area contributed by atoms with Crippen LogP contribution in [0.2, 0.25) is 0 Å². The van der Waals surface area contributed by atoms with Crippen LogP contribution in [0.15, 0.2) is 0 Å². The number of aromatic nitrogens is 4. The van der Waals surface area contributed by atoms with Gasteiger partial charge in [-0.15, -0.1) is 5.10 Å². The van der Waals surface area contributed by atoms with E-state index in [1.807, 2.05) is 18.7 Å². The molecule has 0 bridgehead atoms. The van der Waals surface area contributed by atoms with Gasteiger partial charge in [0.15, 0.2) is 5.82 Å². The van der Waals surface area contributed by atoms with Crippen molar-refractivity contribution in [1.82, 2.24) is 20.2 Å². The maximum Gasteiger partial charge on any atom is 0.311 e. The molecule has 0 aliphatic carbocycles. The fourth-order valence-corrected chi connectivity index (χ4v) is 3.27. The lowest BCUT2D eigenvalue weighted by Gasteiger charge is -2.23. The number of hydrogen-bond acceptors (Lipinski definition) is 5. The standard InChI is InChI=1S/C11H18N4O2S/c1-3-11(2,10(16)17)7-15-9(12-13-14-15)8-5-4-6-18-8/h8H,3-7H2,1-2H3,(H,16,17). The molecule has 1 N–H and O–H groups in total. The number of carbonyl (C=O) groups is 1. The van der Waals surface area contributed by atoms with Crippen LogP contribution < -0.4 is 0 Å². The molecule has 1 fully saturated rings. The van der Waals surface area contributed by atoms with Crippen LogP contribution >= 0.6 is 11.8 Å². The Labute approximate surface area is 110 Å². The fraction of sp³-hybridized carbons (Fsp3) is 0.818.